The number of benzene rings is 1. The summed E-state index contributed by atoms with van der Waals surface area (Å²) in [5.41, 5.74) is 0.515. The minimum atomic E-state index is -1.46. The highest BCUT2D eigenvalue weighted by atomic mass is 35.5. The summed E-state index contributed by atoms with van der Waals surface area (Å²) in [6.07, 6.45) is 3.66. The van der Waals surface area contributed by atoms with Crippen molar-refractivity contribution in [3.8, 4) is 0 Å². The zero-order valence-electron chi connectivity index (χ0n) is 10.9. The summed E-state index contributed by atoms with van der Waals surface area (Å²) in [4.78, 5) is 35.3. The number of cyclic esters (lactones) is 1. The van der Waals surface area contributed by atoms with Gasteiger partial charge in [0.05, 0.1) is 10.0 Å². The molecule has 0 N–H and O–H groups in total. The van der Waals surface area contributed by atoms with E-state index in [0.717, 1.165) is 12.2 Å². The first-order valence-corrected chi connectivity index (χ1v) is 6.75. The van der Waals surface area contributed by atoms with Gasteiger partial charge >= 0.3 is 5.97 Å². The van der Waals surface area contributed by atoms with Crippen LogP contribution in [0.25, 0.3) is 6.08 Å². The molecular weight excluding hydrogens is 315 g/mol. The van der Waals surface area contributed by atoms with Gasteiger partial charge in [-0.15, -0.1) is 0 Å². The Morgan fingerprint density at radius 2 is 2.00 bits per heavy atom. The van der Waals surface area contributed by atoms with E-state index in [1.807, 2.05) is 0 Å². The van der Waals surface area contributed by atoms with Crippen LogP contribution in [0.5, 0.6) is 0 Å². The molecular formula is C15H10Cl2O4. The standard InChI is InChI=1S/C15H10Cl2O4/c1-8-7-12(19)13(15(20)21-8)11(18)6-5-9-3-2-4-10(16)14(9)17/h2-7,13H,1H3/b6-5+/t13-/m0/s1. The number of carbonyl (C=O) groups is 3. The molecule has 1 aromatic rings. The maximum Gasteiger partial charge on any atom is 0.329 e. The van der Waals surface area contributed by atoms with Crippen LogP contribution in [0.3, 0.4) is 0 Å². The third-order valence-corrected chi connectivity index (χ3v) is 3.65. The van der Waals surface area contributed by atoms with E-state index < -0.39 is 23.5 Å². The van der Waals surface area contributed by atoms with Gasteiger partial charge in [-0.1, -0.05) is 35.3 Å². The van der Waals surface area contributed by atoms with Gasteiger partial charge in [-0.25, -0.2) is 0 Å². The lowest BCUT2D eigenvalue weighted by Crippen LogP contribution is -2.34. The summed E-state index contributed by atoms with van der Waals surface area (Å²) in [6.45, 7) is 1.47. The molecule has 0 unspecified atom stereocenters. The molecule has 0 saturated heterocycles. The Bertz CT molecular complexity index is 689. The highest BCUT2D eigenvalue weighted by molar-refractivity contribution is 6.43. The van der Waals surface area contributed by atoms with Crippen LogP contribution in [0.15, 0.2) is 36.1 Å². The predicted molar refractivity (Wildman–Crippen MR) is 78.8 cm³/mol. The largest absolute Gasteiger partial charge is 0.430 e. The van der Waals surface area contributed by atoms with E-state index in [9.17, 15) is 14.4 Å². The van der Waals surface area contributed by atoms with Gasteiger partial charge in [-0.2, -0.15) is 0 Å². The molecule has 1 atom stereocenters. The van der Waals surface area contributed by atoms with E-state index in [1.165, 1.54) is 13.0 Å². The van der Waals surface area contributed by atoms with Gasteiger partial charge in [-0.3, -0.25) is 14.4 Å². The van der Waals surface area contributed by atoms with Crippen LogP contribution in [-0.4, -0.2) is 17.5 Å². The van der Waals surface area contributed by atoms with Crippen LogP contribution in [-0.2, 0) is 19.1 Å². The number of rotatable bonds is 3. The molecule has 0 aliphatic carbocycles. The molecule has 0 fully saturated rings. The molecule has 0 bridgehead atoms. The average Bonchev–Trinajstić information content (AvgIpc) is 2.39. The van der Waals surface area contributed by atoms with Crippen molar-refractivity contribution in [1.82, 2.24) is 0 Å². The molecule has 0 saturated carbocycles. The number of ether oxygens (including phenoxy) is 1. The summed E-state index contributed by atoms with van der Waals surface area (Å²) in [5.74, 6) is -3.40. The highest BCUT2D eigenvalue weighted by Crippen LogP contribution is 2.26. The van der Waals surface area contributed by atoms with Crippen LogP contribution in [0.2, 0.25) is 10.0 Å². The Morgan fingerprint density at radius 1 is 1.29 bits per heavy atom. The second kappa shape index (κ2) is 6.24. The first-order chi connectivity index (χ1) is 9.90. The SMILES string of the molecule is CC1=CC(=O)[C@H](C(=O)/C=C/c2cccc(Cl)c2Cl)C(=O)O1. The van der Waals surface area contributed by atoms with E-state index >= 15 is 0 Å². The summed E-state index contributed by atoms with van der Waals surface area (Å²) in [5, 5.41) is 0.634. The lowest BCUT2D eigenvalue weighted by Gasteiger charge is -2.15. The zero-order chi connectivity index (χ0) is 15.6. The van der Waals surface area contributed by atoms with Crippen molar-refractivity contribution in [3.63, 3.8) is 0 Å². The van der Waals surface area contributed by atoms with Gasteiger partial charge in [0.25, 0.3) is 0 Å². The average molecular weight is 325 g/mol. The number of allylic oxidation sites excluding steroid dienone is 3. The molecule has 0 radical (unpaired) electrons. The van der Waals surface area contributed by atoms with E-state index in [0.29, 0.717) is 10.6 Å². The first kappa shape index (κ1) is 15.5. The molecule has 1 heterocycles. The monoisotopic (exact) mass is 324 g/mol. The second-order valence-electron chi connectivity index (χ2n) is 4.39. The predicted octanol–water partition coefficient (Wildman–Crippen LogP) is 3.22. The molecule has 0 spiro atoms. The van der Waals surface area contributed by atoms with Crippen molar-refractivity contribution in [1.29, 1.82) is 0 Å². The zero-order valence-corrected chi connectivity index (χ0v) is 12.4. The normalized spacial score (nSPS) is 18.6. The number of esters is 1. The summed E-state index contributed by atoms with van der Waals surface area (Å²) >= 11 is 11.8. The van der Waals surface area contributed by atoms with Crippen molar-refractivity contribution in [2.24, 2.45) is 5.92 Å². The Morgan fingerprint density at radius 3 is 2.67 bits per heavy atom. The topological polar surface area (TPSA) is 60.4 Å². The molecule has 108 valence electrons. The number of carbonyl (C=O) groups excluding carboxylic acids is 3. The molecule has 6 heteroatoms. The fourth-order valence-corrected chi connectivity index (χ4v) is 2.19. The third-order valence-electron chi connectivity index (χ3n) is 2.82. The Labute approximate surface area is 131 Å². The number of ketones is 2. The van der Waals surface area contributed by atoms with Crippen LogP contribution in [0, 0.1) is 5.92 Å². The summed E-state index contributed by atoms with van der Waals surface area (Å²) < 4.78 is 4.78. The molecule has 1 aromatic carbocycles. The smallest absolute Gasteiger partial charge is 0.329 e. The lowest BCUT2D eigenvalue weighted by atomic mass is 9.96. The number of hydrogen-bond donors (Lipinski definition) is 0. The molecule has 1 aliphatic rings. The molecule has 2 rings (SSSR count). The molecule has 0 aromatic heterocycles. The lowest BCUT2D eigenvalue weighted by molar-refractivity contribution is -0.151. The maximum absolute atomic E-state index is 12.0. The maximum atomic E-state index is 12.0. The number of hydrogen-bond acceptors (Lipinski definition) is 4. The molecule has 0 amide bonds. The molecule has 21 heavy (non-hydrogen) atoms. The van der Waals surface area contributed by atoms with Gasteiger partial charge in [0.1, 0.15) is 5.76 Å². The fourth-order valence-electron chi connectivity index (χ4n) is 1.82. The highest BCUT2D eigenvalue weighted by Gasteiger charge is 2.36. The van der Waals surface area contributed by atoms with Crippen LogP contribution in [0.1, 0.15) is 12.5 Å². The van der Waals surface area contributed by atoms with E-state index in [4.69, 9.17) is 27.9 Å². The third kappa shape index (κ3) is 3.40. The Kier molecular flexibility index (Phi) is 4.60. The van der Waals surface area contributed by atoms with E-state index in [2.05, 4.69) is 0 Å². The van der Waals surface area contributed by atoms with Crippen LogP contribution >= 0.6 is 23.2 Å². The Hall–Kier alpha value is -1.91. The van der Waals surface area contributed by atoms with Gasteiger partial charge in [-0.05, 0) is 30.7 Å². The van der Waals surface area contributed by atoms with Crippen LogP contribution in [0.4, 0.5) is 0 Å². The summed E-state index contributed by atoms with van der Waals surface area (Å²) in [6, 6.07) is 4.94. The van der Waals surface area contributed by atoms with Crippen molar-refractivity contribution in [2.75, 3.05) is 0 Å². The number of halogens is 2. The summed E-state index contributed by atoms with van der Waals surface area (Å²) in [7, 11) is 0. The van der Waals surface area contributed by atoms with Crippen molar-refractivity contribution >= 4 is 46.8 Å². The van der Waals surface area contributed by atoms with E-state index in [-0.39, 0.29) is 10.8 Å². The van der Waals surface area contributed by atoms with Crippen molar-refractivity contribution in [2.45, 2.75) is 6.92 Å². The molecule has 1 aliphatic heterocycles. The van der Waals surface area contributed by atoms with Crippen molar-refractivity contribution < 1.29 is 19.1 Å². The second-order valence-corrected chi connectivity index (χ2v) is 5.18. The minimum absolute atomic E-state index is 0.177. The fraction of sp³-hybridized carbons (Fsp3) is 0.133. The van der Waals surface area contributed by atoms with Gasteiger partial charge in [0.2, 0.25) is 0 Å². The van der Waals surface area contributed by atoms with Crippen molar-refractivity contribution in [3.05, 3.63) is 51.7 Å². The van der Waals surface area contributed by atoms with Gasteiger partial charge in [0.15, 0.2) is 17.5 Å². The minimum Gasteiger partial charge on any atom is -0.430 e. The first-order valence-electron chi connectivity index (χ1n) is 6.00. The van der Waals surface area contributed by atoms with Gasteiger partial charge in [0, 0.05) is 6.08 Å². The van der Waals surface area contributed by atoms with Crippen LogP contribution < -0.4 is 0 Å². The van der Waals surface area contributed by atoms with Gasteiger partial charge < -0.3 is 4.74 Å². The molecule has 4 nitrogen and oxygen atoms in total. The quantitative estimate of drug-likeness (QED) is 0.486. The Balaban J connectivity index is 2.22. The van der Waals surface area contributed by atoms with E-state index in [1.54, 1.807) is 18.2 Å².